The van der Waals surface area contributed by atoms with Crippen LogP contribution in [0.3, 0.4) is 0 Å². The average Bonchev–Trinajstić information content (AvgIpc) is 2.72. The predicted octanol–water partition coefficient (Wildman–Crippen LogP) is 4.23. The van der Waals surface area contributed by atoms with Crippen LogP contribution in [0.4, 0.5) is 4.39 Å². The van der Waals surface area contributed by atoms with E-state index >= 15 is 0 Å². The molecule has 1 atom stereocenters. The van der Waals surface area contributed by atoms with Gasteiger partial charge in [-0.3, -0.25) is 4.79 Å². The highest BCUT2D eigenvalue weighted by atomic mass is 19.1. The van der Waals surface area contributed by atoms with E-state index in [9.17, 15) is 9.18 Å². The molecule has 1 unspecified atom stereocenters. The second-order valence-electron chi connectivity index (χ2n) is 6.42. The molecule has 5 nitrogen and oxygen atoms in total. The Labute approximate surface area is 156 Å². The highest BCUT2D eigenvalue weighted by molar-refractivity contribution is 6.06. The van der Waals surface area contributed by atoms with E-state index in [1.165, 1.54) is 12.1 Å². The zero-order valence-corrected chi connectivity index (χ0v) is 14.7. The second-order valence-corrected chi connectivity index (χ2v) is 6.42. The lowest BCUT2D eigenvalue weighted by molar-refractivity contribution is -0.186. The fraction of sp³-hybridized carbons (Fsp3) is 0.238. The molecule has 0 saturated carbocycles. The van der Waals surface area contributed by atoms with Crippen molar-refractivity contribution in [3.05, 3.63) is 66.0 Å². The summed E-state index contributed by atoms with van der Waals surface area (Å²) in [5.74, 6) is -0.690. The third kappa shape index (κ3) is 3.97. The summed E-state index contributed by atoms with van der Waals surface area (Å²) < 4.78 is 18.7. The van der Waals surface area contributed by atoms with Crippen molar-refractivity contribution in [1.82, 2.24) is 10.5 Å². The number of nitrogens with zero attached hydrogens (tertiary/aromatic N) is 1. The van der Waals surface area contributed by atoms with Gasteiger partial charge >= 0.3 is 0 Å². The first-order valence-corrected chi connectivity index (χ1v) is 8.94. The van der Waals surface area contributed by atoms with Crippen molar-refractivity contribution >= 4 is 16.8 Å². The van der Waals surface area contributed by atoms with Crippen molar-refractivity contribution in [2.45, 2.75) is 25.6 Å². The fourth-order valence-electron chi connectivity index (χ4n) is 3.11. The minimum absolute atomic E-state index is 0.321. The van der Waals surface area contributed by atoms with Gasteiger partial charge in [0, 0.05) is 24.0 Å². The smallest absolute Gasteiger partial charge is 0.275 e. The first-order chi connectivity index (χ1) is 13.2. The number of halogens is 1. The van der Waals surface area contributed by atoms with Crippen molar-refractivity contribution in [1.29, 1.82) is 0 Å². The molecular weight excluding hydrogens is 347 g/mol. The van der Waals surface area contributed by atoms with Crippen LogP contribution < -0.4 is 5.48 Å². The van der Waals surface area contributed by atoms with Crippen LogP contribution in [0.15, 0.2) is 54.6 Å². The number of rotatable bonds is 4. The topological polar surface area (TPSA) is 60.5 Å². The maximum atomic E-state index is 13.2. The molecule has 0 radical (unpaired) electrons. The zero-order valence-electron chi connectivity index (χ0n) is 14.7. The molecule has 3 aromatic rings. The molecule has 1 aromatic heterocycles. The Balaban J connectivity index is 1.65. The summed E-state index contributed by atoms with van der Waals surface area (Å²) in [6.45, 7) is 0.632. The summed E-state index contributed by atoms with van der Waals surface area (Å²) in [6, 6.07) is 15.1. The van der Waals surface area contributed by atoms with Crippen LogP contribution in [0.2, 0.25) is 0 Å². The maximum Gasteiger partial charge on any atom is 0.275 e. The van der Waals surface area contributed by atoms with Crippen molar-refractivity contribution in [3.63, 3.8) is 0 Å². The average molecular weight is 366 g/mol. The van der Waals surface area contributed by atoms with Gasteiger partial charge in [-0.2, -0.15) is 0 Å². The van der Waals surface area contributed by atoms with E-state index in [4.69, 9.17) is 9.57 Å². The zero-order chi connectivity index (χ0) is 18.6. The number of hydrogen-bond donors (Lipinski definition) is 1. The number of carbonyl (C=O) groups excluding carboxylic acids is 1. The molecule has 1 saturated heterocycles. The van der Waals surface area contributed by atoms with Gasteiger partial charge in [-0.15, -0.1) is 0 Å². The second kappa shape index (κ2) is 7.82. The number of fused-ring (bicyclic) bond motifs is 1. The predicted molar refractivity (Wildman–Crippen MR) is 99.3 cm³/mol. The van der Waals surface area contributed by atoms with E-state index in [0.717, 1.165) is 24.8 Å². The molecule has 1 N–H and O–H groups in total. The molecule has 0 aliphatic carbocycles. The Hall–Kier alpha value is -2.83. The molecule has 0 spiro atoms. The minimum Gasteiger partial charge on any atom is -0.350 e. The number of para-hydroxylation sites is 1. The number of pyridine rings is 1. The third-order valence-electron chi connectivity index (χ3n) is 4.52. The van der Waals surface area contributed by atoms with Crippen LogP contribution >= 0.6 is 0 Å². The van der Waals surface area contributed by atoms with Gasteiger partial charge in [0.05, 0.1) is 16.8 Å². The summed E-state index contributed by atoms with van der Waals surface area (Å²) in [5, 5.41) is 0.717. The molecule has 1 amide bonds. The number of ether oxygens (including phenoxy) is 1. The van der Waals surface area contributed by atoms with Crippen LogP contribution in [-0.2, 0) is 9.57 Å². The van der Waals surface area contributed by atoms with Crippen molar-refractivity contribution in [2.75, 3.05) is 6.61 Å². The first kappa shape index (κ1) is 17.6. The van der Waals surface area contributed by atoms with E-state index in [0.29, 0.717) is 28.8 Å². The Morgan fingerprint density at radius 2 is 1.96 bits per heavy atom. The van der Waals surface area contributed by atoms with E-state index in [2.05, 4.69) is 10.5 Å². The number of benzene rings is 2. The Bertz CT molecular complexity index is 953. The van der Waals surface area contributed by atoms with Crippen LogP contribution in [-0.4, -0.2) is 23.8 Å². The van der Waals surface area contributed by atoms with Crippen molar-refractivity contribution < 1.29 is 18.8 Å². The van der Waals surface area contributed by atoms with Gasteiger partial charge in [-0.05, 0) is 49.2 Å². The largest absolute Gasteiger partial charge is 0.350 e. The molecule has 27 heavy (non-hydrogen) atoms. The number of nitrogens with one attached hydrogen (secondary N) is 1. The number of carbonyl (C=O) groups is 1. The highest BCUT2D eigenvalue weighted by Crippen LogP contribution is 2.25. The maximum absolute atomic E-state index is 13.2. The van der Waals surface area contributed by atoms with Crippen LogP contribution in [0.5, 0.6) is 0 Å². The lowest BCUT2D eigenvalue weighted by Gasteiger charge is -2.22. The van der Waals surface area contributed by atoms with Gasteiger partial charge in [0.15, 0.2) is 6.29 Å². The molecule has 6 heteroatoms. The van der Waals surface area contributed by atoms with Crippen molar-refractivity contribution in [3.8, 4) is 11.3 Å². The molecule has 4 rings (SSSR count). The summed E-state index contributed by atoms with van der Waals surface area (Å²) in [6.07, 6.45) is 2.34. The molecule has 2 heterocycles. The van der Waals surface area contributed by atoms with Gasteiger partial charge in [0.2, 0.25) is 0 Å². The van der Waals surface area contributed by atoms with Gasteiger partial charge in [0.1, 0.15) is 5.82 Å². The summed E-state index contributed by atoms with van der Waals surface area (Å²) in [5.41, 5.74) is 4.94. The van der Waals surface area contributed by atoms with Gasteiger partial charge in [-0.25, -0.2) is 19.7 Å². The minimum atomic E-state index is -0.424. The quantitative estimate of drug-likeness (QED) is 0.702. The third-order valence-corrected chi connectivity index (χ3v) is 4.52. The molecule has 1 fully saturated rings. The first-order valence-electron chi connectivity index (χ1n) is 8.94. The number of aromatic nitrogens is 1. The number of hydroxylamine groups is 1. The molecule has 0 bridgehead atoms. The van der Waals surface area contributed by atoms with Crippen LogP contribution in [0.25, 0.3) is 22.2 Å². The van der Waals surface area contributed by atoms with Crippen LogP contribution in [0, 0.1) is 5.82 Å². The summed E-state index contributed by atoms with van der Waals surface area (Å²) in [4.78, 5) is 22.8. The van der Waals surface area contributed by atoms with Gasteiger partial charge in [0.25, 0.3) is 5.91 Å². The van der Waals surface area contributed by atoms with E-state index in [1.807, 2.05) is 24.3 Å². The molecule has 1 aliphatic rings. The van der Waals surface area contributed by atoms with E-state index in [1.54, 1.807) is 18.2 Å². The van der Waals surface area contributed by atoms with E-state index < -0.39 is 6.29 Å². The Morgan fingerprint density at radius 1 is 1.15 bits per heavy atom. The highest BCUT2D eigenvalue weighted by Gasteiger charge is 2.18. The monoisotopic (exact) mass is 366 g/mol. The lowest BCUT2D eigenvalue weighted by Crippen LogP contribution is -2.33. The SMILES string of the molecule is O=C(NOC1CCCCO1)c1cc(-c2ccc(F)cc2)nc2ccccc12. The summed E-state index contributed by atoms with van der Waals surface area (Å²) in [7, 11) is 0. The number of hydrogen-bond acceptors (Lipinski definition) is 4. The Kier molecular flexibility index (Phi) is 5.09. The lowest BCUT2D eigenvalue weighted by atomic mass is 10.0. The summed E-state index contributed by atoms with van der Waals surface area (Å²) >= 11 is 0. The van der Waals surface area contributed by atoms with Crippen molar-refractivity contribution in [2.24, 2.45) is 0 Å². The normalized spacial score (nSPS) is 17.0. The van der Waals surface area contributed by atoms with Crippen LogP contribution in [0.1, 0.15) is 29.6 Å². The van der Waals surface area contributed by atoms with Gasteiger partial charge < -0.3 is 4.74 Å². The standard InChI is InChI=1S/C21H19FN2O3/c22-15-10-8-14(9-11-15)19-13-17(16-5-1-2-6-18(16)23-19)21(25)24-27-20-7-3-4-12-26-20/h1-2,5-6,8-11,13,20H,3-4,7,12H2,(H,24,25). The molecule has 138 valence electrons. The number of amides is 1. The molecule has 1 aliphatic heterocycles. The fourth-order valence-corrected chi connectivity index (χ4v) is 3.11. The van der Waals surface area contributed by atoms with E-state index in [-0.39, 0.29) is 11.7 Å². The Morgan fingerprint density at radius 3 is 2.74 bits per heavy atom. The molecular formula is C21H19FN2O3. The van der Waals surface area contributed by atoms with Gasteiger partial charge in [-0.1, -0.05) is 18.2 Å². The molecule has 2 aromatic carbocycles.